The van der Waals surface area contributed by atoms with Crippen molar-refractivity contribution in [3.8, 4) is 0 Å². The molecule has 1 amide bonds. The molecule has 0 aliphatic heterocycles. The molecule has 0 spiro atoms. The van der Waals surface area contributed by atoms with Crippen LogP contribution in [0, 0.1) is 0 Å². The van der Waals surface area contributed by atoms with Gasteiger partial charge in [0.1, 0.15) is 0 Å². The Morgan fingerprint density at radius 3 is 2.67 bits per heavy atom. The lowest BCUT2D eigenvalue weighted by Crippen LogP contribution is -2.32. The highest BCUT2D eigenvalue weighted by atomic mass is 35.5. The first-order chi connectivity index (χ1) is 8.56. The van der Waals surface area contributed by atoms with Gasteiger partial charge in [-0.2, -0.15) is 0 Å². The minimum atomic E-state index is -0.859. The van der Waals surface area contributed by atoms with Gasteiger partial charge in [-0.25, -0.2) is 4.79 Å². The number of nitrogens with one attached hydrogen (secondary N) is 1. The molecule has 1 rings (SSSR count). The van der Waals surface area contributed by atoms with Gasteiger partial charge in [-0.05, 0) is 25.5 Å². The number of ether oxygens (including phenoxy) is 1. The molecule has 0 saturated carbocycles. The van der Waals surface area contributed by atoms with E-state index < -0.39 is 12.2 Å². The molecule has 0 aromatic heterocycles. The van der Waals surface area contributed by atoms with Crippen LogP contribution in [0.1, 0.15) is 30.6 Å². The van der Waals surface area contributed by atoms with Crippen molar-refractivity contribution in [2.45, 2.75) is 26.4 Å². The van der Waals surface area contributed by atoms with Crippen LogP contribution in [0.15, 0.2) is 24.3 Å². The Morgan fingerprint density at radius 1 is 1.39 bits per heavy atom. The van der Waals surface area contributed by atoms with Gasteiger partial charge in [0.05, 0.1) is 5.02 Å². The summed E-state index contributed by atoms with van der Waals surface area (Å²) in [4.78, 5) is 23.3. The van der Waals surface area contributed by atoms with E-state index in [1.165, 1.54) is 6.92 Å². The second-order valence-corrected chi connectivity index (χ2v) is 4.23. The zero-order valence-corrected chi connectivity index (χ0v) is 11.2. The van der Waals surface area contributed by atoms with Crippen molar-refractivity contribution >= 4 is 23.5 Å². The second kappa shape index (κ2) is 7.01. The number of benzene rings is 1. The van der Waals surface area contributed by atoms with Crippen molar-refractivity contribution in [3.05, 3.63) is 34.9 Å². The summed E-state index contributed by atoms with van der Waals surface area (Å²) in [5, 5.41) is 2.89. The van der Waals surface area contributed by atoms with E-state index in [0.29, 0.717) is 17.1 Å². The predicted octanol–water partition coefficient (Wildman–Crippen LogP) is 3.05. The molecule has 1 atom stereocenters. The predicted molar refractivity (Wildman–Crippen MR) is 70.0 cm³/mol. The van der Waals surface area contributed by atoms with Crippen LogP contribution in [0.4, 0.5) is 4.79 Å². The number of alkyl carbamates (subject to hydrolysis) is 1. The highest BCUT2D eigenvalue weighted by Gasteiger charge is 2.20. The number of carbonyl (C=O) groups excluding carboxylic acids is 2. The standard InChI is InChI=1S/C13H16ClNO3/c1-3-8-15-13(17)18-9(2)12(16)10-6-4-5-7-11(10)14/h4-7,9H,3,8H2,1-2H3,(H,15,17)/t9-/m1/s1. The van der Waals surface area contributed by atoms with Gasteiger partial charge in [-0.3, -0.25) is 4.79 Å². The van der Waals surface area contributed by atoms with Crippen LogP contribution < -0.4 is 5.32 Å². The number of halogens is 1. The number of rotatable bonds is 5. The summed E-state index contributed by atoms with van der Waals surface area (Å²) in [6.45, 7) is 3.97. The highest BCUT2D eigenvalue weighted by Crippen LogP contribution is 2.17. The largest absolute Gasteiger partial charge is 0.438 e. The van der Waals surface area contributed by atoms with E-state index in [-0.39, 0.29) is 5.78 Å². The average Bonchev–Trinajstić information content (AvgIpc) is 2.36. The van der Waals surface area contributed by atoms with E-state index in [2.05, 4.69) is 5.32 Å². The van der Waals surface area contributed by atoms with E-state index in [9.17, 15) is 9.59 Å². The van der Waals surface area contributed by atoms with Gasteiger partial charge >= 0.3 is 6.09 Å². The second-order valence-electron chi connectivity index (χ2n) is 3.82. The molecular weight excluding hydrogens is 254 g/mol. The van der Waals surface area contributed by atoms with Crippen LogP contribution in [-0.2, 0) is 4.74 Å². The number of hydrogen-bond donors (Lipinski definition) is 1. The maximum absolute atomic E-state index is 12.0. The summed E-state index contributed by atoms with van der Waals surface area (Å²) in [5.41, 5.74) is 0.356. The Kier molecular flexibility index (Phi) is 5.65. The van der Waals surface area contributed by atoms with Gasteiger partial charge < -0.3 is 10.1 Å². The van der Waals surface area contributed by atoms with Gasteiger partial charge in [0.2, 0.25) is 5.78 Å². The summed E-state index contributed by atoms with van der Waals surface area (Å²) in [6, 6.07) is 6.68. The van der Waals surface area contributed by atoms with Crippen molar-refractivity contribution in [2.75, 3.05) is 6.54 Å². The quantitative estimate of drug-likeness (QED) is 0.836. The first-order valence-electron chi connectivity index (χ1n) is 5.79. The third kappa shape index (κ3) is 4.04. The summed E-state index contributed by atoms with van der Waals surface area (Å²) in [6.07, 6.45) is -0.645. The van der Waals surface area contributed by atoms with Gasteiger partial charge in [-0.1, -0.05) is 30.7 Å². The van der Waals surface area contributed by atoms with Crippen molar-refractivity contribution in [1.29, 1.82) is 0 Å². The number of amides is 1. The van der Waals surface area contributed by atoms with Gasteiger partial charge in [-0.15, -0.1) is 0 Å². The molecule has 0 saturated heterocycles. The molecule has 0 bridgehead atoms. The first kappa shape index (κ1) is 14.5. The van der Waals surface area contributed by atoms with Crippen molar-refractivity contribution in [3.63, 3.8) is 0 Å². The molecule has 98 valence electrons. The Balaban J connectivity index is 2.62. The van der Waals surface area contributed by atoms with Crippen molar-refractivity contribution in [2.24, 2.45) is 0 Å². The molecule has 1 aromatic carbocycles. The SMILES string of the molecule is CCCNC(=O)O[C@H](C)C(=O)c1ccccc1Cl. The van der Waals surface area contributed by atoms with Crippen LogP contribution in [0.2, 0.25) is 5.02 Å². The Morgan fingerprint density at radius 2 is 2.06 bits per heavy atom. The number of hydrogen-bond acceptors (Lipinski definition) is 3. The van der Waals surface area contributed by atoms with E-state index in [0.717, 1.165) is 6.42 Å². The molecule has 4 nitrogen and oxygen atoms in total. The van der Waals surface area contributed by atoms with Gasteiger partial charge in [0.15, 0.2) is 6.10 Å². The molecule has 0 radical (unpaired) electrons. The molecule has 0 unspecified atom stereocenters. The van der Waals surface area contributed by atoms with E-state index >= 15 is 0 Å². The van der Waals surface area contributed by atoms with Crippen LogP contribution >= 0.6 is 11.6 Å². The zero-order chi connectivity index (χ0) is 13.5. The summed E-state index contributed by atoms with van der Waals surface area (Å²) >= 11 is 5.91. The summed E-state index contributed by atoms with van der Waals surface area (Å²) < 4.78 is 4.97. The molecule has 0 aliphatic rings. The van der Waals surface area contributed by atoms with Gasteiger partial charge in [0, 0.05) is 12.1 Å². The van der Waals surface area contributed by atoms with Crippen LogP contribution in [0.25, 0.3) is 0 Å². The fourth-order valence-corrected chi connectivity index (χ4v) is 1.59. The number of ketones is 1. The molecule has 0 aliphatic carbocycles. The minimum Gasteiger partial charge on any atom is -0.438 e. The fraction of sp³-hybridized carbons (Fsp3) is 0.385. The van der Waals surface area contributed by atoms with E-state index in [4.69, 9.17) is 16.3 Å². The van der Waals surface area contributed by atoms with Crippen LogP contribution in [-0.4, -0.2) is 24.5 Å². The maximum atomic E-state index is 12.0. The van der Waals surface area contributed by atoms with Crippen molar-refractivity contribution < 1.29 is 14.3 Å². The van der Waals surface area contributed by atoms with Gasteiger partial charge in [0.25, 0.3) is 0 Å². The Bertz CT molecular complexity index is 434. The van der Waals surface area contributed by atoms with Crippen LogP contribution in [0.3, 0.4) is 0 Å². The Hall–Kier alpha value is -1.55. The normalized spacial score (nSPS) is 11.7. The Labute approximate surface area is 111 Å². The van der Waals surface area contributed by atoms with E-state index in [1.807, 2.05) is 6.92 Å². The lowest BCUT2D eigenvalue weighted by Gasteiger charge is -2.13. The minimum absolute atomic E-state index is 0.313. The topological polar surface area (TPSA) is 55.4 Å². The average molecular weight is 270 g/mol. The molecule has 0 fully saturated rings. The summed E-state index contributed by atoms with van der Waals surface area (Å²) in [7, 11) is 0. The van der Waals surface area contributed by atoms with E-state index in [1.54, 1.807) is 24.3 Å². The third-order valence-electron chi connectivity index (χ3n) is 2.31. The molecule has 5 heteroatoms. The first-order valence-corrected chi connectivity index (χ1v) is 6.17. The third-order valence-corrected chi connectivity index (χ3v) is 2.64. The molecule has 1 N–H and O–H groups in total. The highest BCUT2D eigenvalue weighted by molar-refractivity contribution is 6.34. The van der Waals surface area contributed by atoms with Crippen molar-refractivity contribution in [1.82, 2.24) is 5.32 Å². The lowest BCUT2D eigenvalue weighted by molar-refractivity contribution is 0.0672. The monoisotopic (exact) mass is 269 g/mol. The molecule has 18 heavy (non-hydrogen) atoms. The molecular formula is C13H16ClNO3. The zero-order valence-electron chi connectivity index (χ0n) is 10.4. The fourth-order valence-electron chi connectivity index (χ4n) is 1.36. The lowest BCUT2D eigenvalue weighted by atomic mass is 10.1. The maximum Gasteiger partial charge on any atom is 0.407 e. The van der Waals surface area contributed by atoms with Crippen LogP contribution in [0.5, 0.6) is 0 Å². The number of carbonyl (C=O) groups is 2. The molecule has 1 aromatic rings. The smallest absolute Gasteiger partial charge is 0.407 e. The summed E-state index contributed by atoms with van der Waals surface area (Å²) in [5.74, 6) is -0.313. The number of Topliss-reactive ketones (excluding diaryl/α,β-unsaturated/α-hetero) is 1. The molecule has 0 heterocycles.